The topological polar surface area (TPSA) is 64.1 Å². The normalized spacial score (nSPS) is 19.7. The molecule has 4 rings (SSSR count). The van der Waals surface area contributed by atoms with Crippen molar-refractivity contribution in [2.45, 2.75) is 33.2 Å². The smallest absolute Gasteiger partial charge is 0.294 e. The van der Waals surface area contributed by atoms with E-state index in [0.29, 0.717) is 5.69 Å². The van der Waals surface area contributed by atoms with Crippen molar-refractivity contribution in [3.63, 3.8) is 0 Å². The van der Waals surface area contributed by atoms with Gasteiger partial charge in [0, 0.05) is 44.0 Å². The highest BCUT2D eigenvalue weighted by Gasteiger charge is 2.44. The van der Waals surface area contributed by atoms with Gasteiger partial charge in [0.05, 0.1) is 11.6 Å². The van der Waals surface area contributed by atoms with Gasteiger partial charge in [0.15, 0.2) is 11.5 Å². The summed E-state index contributed by atoms with van der Waals surface area (Å²) in [7, 11) is 2.13. The van der Waals surface area contributed by atoms with Crippen LogP contribution in [0.5, 0.6) is 0 Å². The minimum absolute atomic E-state index is 0.128. The molecule has 0 radical (unpaired) electrons. The Hall–Kier alpha value is -3.12. The number of aliphatic hydroxyl groups is 1. The predicted molar refractivity (Wildman–Crippen MR) is 132 cm³/mol. The molecule has 2 aromatic carbocycles. The van der Waals surface area contributed by atoms with E-state index in [1.807, 2.05) is 69.3 Å². The first-order chi connectivity index (χ1) is 15.8. The summed E-state index contributed by atoms with van der Waals surface area (Å²) in [6.07, 6.45) is 0.283. The van der Waals surface area contributed by atoms with Gasteiger partial charge in [0.1, 0.15) is 0 Å². The van der Waals surface area contributed by atoms with Crippen molar-refractivity contribution in [3.8, 4) is 0 Å². The van der Waals surface area contributed by atoms with Crippen LogP contribution in [0.15, 0.2) is 59.9 Å². The Kier molecular flexibility index (Phi) is 6.56. The molecule has 2 heterocycles. The third kappa shape index (κ3) is 4.67. The Morgan fingerprint density at radius 2 is 1.67 bits per heavy atom. The maximum atomic E-state index is 13.2. The van der Waals surface area contributed by atoms with Gasteiger partial charge >= 0.3 is 0 Å². The van der Waals surface area contributed by atoms with E-state index in [2.05, 4.69) is 16.8 Å². The molecular formula is C27H33N3O3. The number of likely N-dealkylation sites (N-methyl/N-ethyl adjacent to an activating group) is 1. The summed E-state index contributed by atoms with van der Waals surface area (Å²) in [4.78, 5) is 32.6. The maximum absolute atomic E-state index is 13.2. The Morgan fingerprint density at radius 3 is 2.27 bits per heavy atom. The number of hydrogen-bond acceptors (Lipinski definition) is 5. The lowest BCUT2D eigenvalue weighted by molar-refractivity contribution is -0.118. The van der Waals surface area contributed by atoms with Crippen molar-refractivity contribution < 1.29 is 14.7 Å². The van der Waals surface area contributed by atoms with Gasteiger partial charge in [0.2, 0.25) is 0 Å². The Morgan fingerprint density at radius 1 is 1.03 bits per heavy atom. The molecule has 1 atom stereocenters. The van der Waals surface area contributed by atoms with Gasteiger partial charge in [-0.25, -0.2) is 0 Å². The average molecular weight is 448 g/mol. The lowest BCUT2D eigenvalue weighted by atomic mass is 9.91. The molecule has 0 spiro atoms. The zero-order valence-electron chi connectivity index (χ0n) is 19.9. The lowest BCUT2D eigenvalue weighted by Crippen LogP contribution is -2.44. The summed E-state index contributed by atoms with van der Waals surface area (Å²) < 4.78 is 0. The molecule has 6 nitrogen and oxygen atoms in total. The van der Waals surface area contributed by atoms with Crippen molar-refractivity contribution in [2.24, 2.45) is 5.92 Å². The number of ketones is 1. The SMILES string of the molecule is Cc1cccc(C2C(C(=O)CC(C)C)=C(O)C(=O)N2c2ccc(N3CCN(C)CC3)cc2)c1. The van der Waals surface area contributed by atoms with Crippen molar-refractivity contribution >= 4 is 23.1 Å². The van der Waals surface area contributed by atoms with Gasteiger partial charge in [-0.15, -0.1) is 0 Å². The molecule has 2 aliphatic rings. The summed E-state index contributed by atoms with van der Waals surface area (Å²) in [6.45, 7) is 9.85. The maximum Gasteiger partial charge on any atom is 0.294 e. The zero-order valence-corrected chi connectivity index (χ0v) is 19.9. The molecule has 2 aliphatic heterocycles. The third-order valence-electron chi connectivity index (χ3n) is 6.46. The number of Topliss-reactive ketones (excluding diaryl/α,β-unsaturated/α-hetero) is 1. The quantitative estimate of drug-likeness (QED) is 0.717. The molecule has 1 saturated heterocycles. The number of benzene rings is 2. The van der Waals surface area contributed by atoms with Crippen LogP contribution >= 0.6 is 0 Å². The predicted octanol–water partition coefficient (Wildman–Crippen LogP) is 4.26. The van der Waals surface area contributed by atoms with Crippen LogP contribution in [-0.2, 0) is 9.59 Å². The molecule has 6 heteroatoms. The number of nitrogens with zero attached hydrogens (tertiary/aromatic N) is 3. The second kappa shape index (κ2) is 9.40. The molecule has 1 fully saturated rings. The number of carbonyl (C=O) groups is 2. The molecular weight excluding hydrogens is 414 g/mol. The van der Waals surface area contributed by atoms with Crippen molar-refractivity contribution in [3.05, 3.63) is 71.0 Å². The van der Waals surface area contributed by atoms with Gasteiger partial charge < -0.3 is 14.9 Å². The number of rotatable bonds is 6. The summed E-state index contributed by atoms with van der Waals surface area (Å²) in [5.41, 5.74) is 3.83. The number of carbonyl (C=O) groups excluding carboxylic acids is 2. The van der Waals surface area contributed by atoms with E-state index in [-0.39, 0.29) is 23.7 Å². The molecule has 0 bridgehead atoms. The summed E-state index contributed by atoms with van der Waals surface area (Å²) in [5, 5.41) is 10.8. The Labute approximate surface area is 196 Å². The second-order valence-corrected chi connectivity index (χ2v) is 9.58. The highest BCUT2D eigenvalue weighted by atomic mass is 16.3. The van der Waals surface area contributed by atoms with Gasteiger partial charge in [-0.2, -0.15) is 0 Å². The van der Waals surface area contributed by atoms with Crippen molar-refractivity contribution in [1.29, 1.82) is 0 Å². The molecule has 174 valence electrons. The average Bonchev–Trinajstić information content (AvgIpc) is 3.05. The molecule has 33 heavy (non-hydrogen) atoms. The van der Waals surface area contributed by atoms with Crippen LogP contribution in [0.4, 0.5) is 11.4 Å². The molecule has 1 unspecified atom stereocenters. The van der Waals surface area contributed by atoms with Gasteiger partial charge in [-0.05, 0) is 49.7 Å². The molecule has 0 aliphatic carbocycles. The number of aryl methyl sites for hydroxylation is 1. The fourth-order valence-electron chi connectivity index (χ4n) is 4.68. The number of anilines is 2. The van der Waals surface area contributed by atoms with Crippen molar-refractivity contribution in [1.82, 2.24) is 4.90 Å². The van der Waals surface area contributed by atoms with E-state index in [0.717, 1.165) is 43.0 Å². The first-order valence-corrected chi connectivity index (χ1v) is 11.7. The first-order valence-electron chi connectivity index (χ1n) is 11.7. The van der Waals surface area contributed by atoms with Crippen LogP contribution < -0.4 is 9.80 Å². The van der Waals surface area contributed by atoms with Gasteiger partial charge in [-0.1, -0.05) is 43.7 Å². The highest BCUT2D eigenvalue weighted by Crippen LogP contribution is 2.42. The van der Waals surface area contributed by atoms with E-state index in [9.17, 15) is 14.7 Å². The van der Waals surface area contributed by atoms with E-state index >= 15 is 0 Å². The van der Waals surface area contributed by atoms with Crippen LogP contribution in [0.2, 0.25) is 0 Å². The zero-order chi connectivity index (χ0) is 23.7. The highest BCUT2D eigenvalue weighted by molar-refractivity contribution is 6.16. The standard InChI is InChI=1S/C27H33N3O3/c1-18(2)16-23(31)24-25(20-7-5-6-19(3)17-20)30(27(33)26(24)32)22-10-8-21(9-11-22)29-14-12-28(4)13-15-29/h5-11,17-18,25,32H,12-16H2,1-4H3. The molecule has 0 saturated carbocycles. The molecule has 2 aromatic rings. The van der Waals surface area contributed by atoms with Crippen LogP contribution in [-0.4, -0.2) is 54.9 Å². The molecule has 1 N–H and O–H groups in total. The van der Waals surface area contributed by atoms with E-state index < -0.39 is 17.7 Å². The number of amides is 1. The summed E-state index contributed by atoms with van der Waals surface area (Å²) in [5.74, 6) is -1.02. The second-order valence-electron chi connectivity index (χ2n) is 9.58. The van der Waals surface area contributed by atoms with Crippen LogP contribution in [0.3, 0.4) is 0 Å². The number of aliphatic hydroxyl groups excluding tert-OH is 1. The van der Waals surface area contributed by atoms with E-state index in [1.54, 1.807) is 4.90 Å². The molecule has 1 amide bonds. The number of hydrogen-bond donors (Lipinski definition) is 1. The van der Waals surface area contributed by atoms with Gasteiger partial charge in [-0.3, -0.25) is 14.5 Å². The van der Waals surface area contributed by atoms with E-state index in [4.69, 9.17) is 0 Å². The lowest BCUT2D eigenvalue weighted by Gasteiger charge is -2.34. The van der Waals surface area contributed by atoms with Crippen LogP contribution in [0.1, 0.15) is 37.4 Å². The minimum atomic E-state index is -0.641. The van der Waals surface area contributed by atoms with E-state index in [1.165, 1.54) is 0 Å². The monoisotopic (exact) mass is 447 g/mol. The fourth-order valence-corrected chi connectivity index (χ4v) is 4.68. The largest absolute Gasteiger partial charge is 0.503 e. The summed E-state index contributed by atoms with van der Waals surface area (Å²) >= 11 is 0. The summed E-state index contributed by atoms with van der Waals surface area (Å²) in [6, 6.07) is 15.0. The minimum Gasteiger partial charge on any atom is -0.503 e. The van der Waals surface area contributed by atoms with Gasteiger partial charge in [0.25, 0.3) is 5.91 Å². The first kappa shape index (κ1) is 23.1. The number of piperazine rings is 1. The Balaban J connectivity index is 1.70. The third-order valence-corrected chi connectivity index (χ3v) is 6.46. The van der Waals surface area contributed by atoms with Crippen LogP contribution in [0.25, 0.3) is 0 Å². The van der Waals surface area contributed by atoms with Crippen LogP contribution in [0, 0.1) is 12.8 Å². The fraction of sp³-hybridized carbons (Fsp3) is 0.407. The molecule has 0 aromatic heterocycles. The Bertz CT molecular complexity index is 1070. The van der Waals surface area contributed by atoms with Crippen molar-refractivity contribution in [2.75, 3.05) is 43.0 Å².